The zero-order chi connectivity index (χ0) is 11.1. The van der Waals surface area contributed by atoms with Crippen LogP contribution in [0.4, 0.5) is 0 Å². The van der Waals surface area contributed by atoms with Gasteiger partial charge in [-0.05, 0) is 39.2 Å². The molecule has 2 aliphatic rings. The third kappa shape index (κ3) is 1.78. The topological polar surface area (TPSA) is 32.3 Å². The quantitative estimate of drug-likeness (QED) is 0.706. The standard InChI is InChI=1S/C12H22N2O/c1-9-4-7-14(10(9)2)11(15)12(3)5-6-13-8-12/h9-10,13H,4-8H2,1-3H3. The van der Waals surface area contributed by atoms with E-state index in [9.17, 15) is 4.79 Å². The normalized spacial score (nSPS) is 41.1. The van der Waals surface area contributed by atoms with Crippen LogP contribution in [-0.2, 0) is 4.79 Å². The van der Waals surface area contributed by atoms with Gasteiger partial charge in [0.25, 0.3) is 0 Å². The SMILES string of the molecule is CC1CCN(C(=O)C2(C)CCNC2)C1C. The van der Waals surface area contributed by atoms with Crippen LogP contribution < -0.4 is 5.32 Å². The Kier molecular flexibility index (Phi) is 2.75. The number of hydrogen-bond donors (Lipinski definition) is 1. The summed E-state index contributed by atoms with van der Waals surface area (Å²) in [5, 5.41) is 3.30. The summed E-state index contributed by atoms with van der Waals surface area (Å²) in [5.74, 6) is 1.02. The number of likely N-dealkylation sites (tertiary alicyclic amines) is 1. The summed E-state index contributed by atoms with van der Waals surface area (Å²) in [6.07, 6.45) is 2.15. The van der Waals surface area contributed by atoms with Gasteiger partial charge in [0.15, 0.2) is 0 Å². The molecule has 2 aliphatic heterocycles. The molecule has 3 atom stereocenters. The van der Waals surface area contributed by atoms with E-state index < -0.39 is 0 Å². The molecule has 0 bridgehead atoms. The molecule has 0 aromatic heterocycles. The maximum atomic E-state index is 12.4. The molecule has 0 radical (unpaired) electrons. The van der Waals surface area contributed by atoms with Crippen molar-refractivity contribution in [3.8, 4) is 0 Å². The summed E-state index contributed by atoms with van der Waals surface area (Å²) in [6.45, 7) is 9.32. The number of amides is 1. The summed E-state index contributed by atoms with van der Waals surface area (Å²) in [6, 6.07) is 0.426. The number of nitrogens with zero attached hydrogens (tertiary/aromatic N) is 1. The second-order valence-corrected chi connectivity index (χ2v) is 5.49. The van der Waals surface area contributed by atoms with Gasteiger partial charge in [-0.1, -0.05) is 6.92 Å². The van der Waals surface area contributed by atoms with Crippen molar-refractivity contribution in [3.63, 3.8) is 0 Å². The lowest BCUT2D eigenvalue weighted by molar-refractivity contribution is -0.141. The van der Waals surface area contributed by atoms with E-state index >= 15 is 0 Å². The van der Waals surface area contributed by atoms with Gasteiger partial charge in [0.05, 0.1) is 5.41 Å². The van der Waals surface area contributed by atoms with E-state index in [-0.39, 0.29) is 5.41 Å². The predicted molar refractivity (Wildman–Crippen MR) is 60.5 cm³/mol. The Hall–Kier alpha value is -0.570. The van der Waals surface area contributed by atoms with Gasteiger partial charge in [-0.3, -0.25) is 4.79 Å². The van der Waals surface area contributed by atoms with Crippen molar-refractivity contribution < 1.29 is 4.79 Å². The lowest BCUT2D eigenvalue weighted by Gasteiger charge is -2.31. The molecule has 0 saturated carbocycles. The highest BCUT2D eigenvalue weighted by molar-refractivity contribution is 5.83. The van der Waals surface area contributed by atoms with Gasteiger partial charge in [0, 0.05) is 19.1 Å². The molecule has 2 rings (SSSR count). The van der Waals surface area contributed by atoms with Gasteiger partial charge in [-0.2, -0.15) is 0 Å². The minimum atomic E-state index is -0.141. The van der Waals surface area contributed by atoms with Crippen molar-refractivity contribution in [1.29, 1.82) is 0 Å². The van der Waals surface area contributed by atoms with Crippen molar-refractivity contribution in [2.45, 2.75) is 39.7 Å². The van der Waals surface area contributed by atoms with E-state index in [1.807, 2.05) is 0 Å². The molecular weight excluding hydrogens is 188 g/mol. The summed E-state index contributed by atoms with van der Waals surface area (Å²) >= 11 is 0. The number of rotatable bonds is 1. The zero-order valence-corrected chi connectivity index (χ0v) is 10.0. The molecule has 15 heavy (non-hydrogen) atoms. The number of hydrogen-bond acceptors (Lipinski definition) is 2. The third-order valence-electron chi connectivity index (χ3n) is 4.29. The molecule has 2 saturated heterocycles. The van der Waals surface area contributed by atoms with E-state index in [1.165, 1.54) is 0 Å². The Morgan fingerprint density at radius 1 is 1.47 bits per heavy atom. The fraction of sp³-hybridized carbons (Fsp3) is 0.917. The number of nitrogens with one attached hydrogen (secondary N) is 1. The highest BCUT2D eigenvalue weighted by atomic mass is 16.2. The first-order valence-electron chi connectivity index (χ1n) is 6.06. The molecule has 0 aromatic carbocycles. The third-order valence-corrected chi connectivity index (χ3v) is 4.29. The highest BCUT2D eigenvalue weighted by Crippen LogP contribution is 2.32. The molecule has 0 spiro atoms. The maximum Gasteiger partial charge on any atom is 0.230 e. The molecule has 3 unspecified atom stereocenters. The van der Waals surface area contributed by atoms with E-state index in [2.05, 4.69) is 31.0 Å². The largest absolute Gasteiger partial charge is 0.339 e. The molecular formula is C12H22N2O. The van der Waals surface area contributed by atoms with Gasteiger partial charge < -0.3 is 10.2 Å². The summed E-state index contributed by atoms with van der Waals surface area (Å²) in [7, 11) is 0. The smallest absolute Gasteiger partial charge is 0.230 e. The van der Waals surface area contributed by atoms with Gasteiger partial charge in [0.1, 0.15) is 0 Å². The van der Waals surface area contributed by atoms with Crippen LogP contribution in [0.1, 0.15) is 33.6 Å². The molecule has 86 valence electrons. The van der Waals surface area contributed by atoms with Crippen molar-refractivity contribution in [1.82, 2.24) is 10.2 Å². The zero-order valence-electron chi connectivity index (χ0n) is 10.0. The van der Waals surface area contributed by atoms with Gasteiger partial charge >= 0.3 is 0 Å². The first-order valence-corrected chi connectivity index (χ1v) is 6.06. The highest BCUT2D eigenvalue weighted by Gasteiger charge is 2.42. The fourth-order valence-electron chi connectivity index (χ4n) is 2.73. The van der Waals surface area contributed by atoms with Crippen molar-refractivity contribution in [2.24, 2.45) is 11.3 Å². The minimum absolute atomic E-state index is 0.141. The van der Waals surface area contributed by atoms with E-state index in [0.717, 1.165) is 32.5 Å². The predicted octanol–water partition coefficient (Wildman–Crippen LogP) is 1.24. The number of carbonyl (C=O) groups is 1. The second kappa shape index (κ2) is 3.78. The molecule has 3 nitrogen and oxygen atoms in total. The van der Waals surface area contributed by atoms with Gasteiger partial charge in [-0.15, -0.1) is 0 Å². The Balaban J connectivity index is 2.08. The number of carbonyl (C=O) groups excluding carboxylic acids is 1. The Morgan fingerprint density at radius 2 is 2.20 bits per heavy atom. The van der Waals surface area contributed by atoms with E-state index in [1.54, 1.807) is 0 Å². The van der Waals surface area contributed by atoms with Gasteiger partial charge in [-0.25, -0.2) is 0 Å². The molecule has 1 amide bonds. The molecule has 0 aromatic rings. The molecule has 0 aliphatic carbocycles. The average molecular weight is 210 g/mol. The van der Waals surface area contributed by atoms with Crippen LogP contribution in [0.5, 0.6) is 0 Å². The summed E-state index contributed by atoms with van der Waals surface area (Å²) < 4.78 is 0. The van der Waals surface area contributed by atoms with Crippen molar-refractivity contribution in [2.75, 3.05) is 19.6 Å². The fourth-order valence-corrected chi connectivity index (χ4v) is 2.73. The van der Waals surface area contributed by atoms with Crippen LogP contribution >= 0.6 is 0 Å². The molecule has 2 heterocycles. The Labute approximate surface area is 92.2 Å². The average Bonchev–Trinajstić information content (AvgIpc) is 2.77. The van der Waals surface area contributed by atoms with Crippen LogP contribution in [0.2, 0.25) is 0 Å². The van der Waals surface area contributed by atoms with E-state index in [0.29, 0.717) is 17.9 Å². The maximum absolute atomic E-state index is 12.4. The van der Waals surface area contributed by atoms with Crippen LogP contribution in [0.3, 0.4) is 0 Å². The van der Waals surface area contributed by atoms with Crippen molar-refractivity contribution >= 4 is 5.91 Å². The summed E-state index contributed by atoms with van der Waals surface area (Å²) in [5.41, 5.74) is -0.141. The van der Waals surface area contributed by atoms with Crippen molar-refractivity contribution in [3.05, 3.63) is 0 Å². The second-order valence-electron chi connectivity index (χ2n) is 5.49. The van der Waals surface area contributed by atoms with Gasteiger partial charge in [0.2, 0.25) is 5.91 Å². The first-order chi connectivity index (χ1) is 7.04. The van der Waals surface area contributed by atoms with Crippen LogP contribution in [0.15, 0.2) is 0 Å². The lowest BCUT2D eigenvalue weighted by Crippen LogP contribution is -2.45. The molecule has 1 N–H and O–H groups in total. The first kappa shape index (κ1) is 10.9. The molecule has 2 fully saturated rings. The lowest BCUT2D eigenvalue weighted by atomic mass is 9.87. The Bertz CT molecular complexity index is 258. The summed E-state index contributed by atoms with van der Waals surface area (Å²) in [4.78, 5) is 14.5. The molecule has 3 heteroatoms. The van der Waals surface area contributed by atoms with Crippen LogP contribution in [0.25, 0.3) is 0 Å². The van der Waals surface area contributed by atoms with Crippen LogP contribution in [0, 0.1) is 11.3 Å². The minimum Gasteiger partial charge on any atom is -0.339 e. The monoisotopic (exact) mass is 210 g/mol. The van der Waals surface area contributed by atoms with Crippen LogP contribution in [-0.4, -0.2) is 36.5 Å². The Morgan fingerprint density at radius 3 is 2.67 bits per heavy atom. The van der Waals surface area contributed by atoms with E-state index in [4.69, 9.17) is 0 Å².